The van der Waals surface area contributed by atoms with E-state index in [4.69, 9.17) is 27.9 Å². The molecule has 2 heterocycles. The molecule has 0 aliphatic carbocycles. The van der Waals surface area contributed by atoms with Crippen LogP contribution < -0.4 is 10.2 Å². The summed E-state index contributed by atoms with van der Waals surface area (Å²) in [6.45, 7) is 0.414. The molecule has 35 heavy (non-hydrogen) atoms. The van der Waals surface area contributed by atoms with Gasteiger partial charge in [-0.3, -0.25) is 9.48 Å². The third kappa shape index (κ3) is 6.85. The maximum Gasteiger partial charge on any atom is 0.291 e. The van der Waals surface area contributed by atoms with Crippen molar-refractivity contribution in [2.24, 2.45) is 5.10 Å². The molecule has 0 atom stereocenters. The van der Waals surface area contributed by atoms with E-state index < -0.39 is 5.91 Å². The number of amides is 1. The highest BCUT2D eigenvalue weighted by Crippen LogP contribution is 2.27. The van der Waals surface area contributed by atoms with E-state index >= 15 is 0 Å². The van der Waals surface area contributed by atoms with E-state index in [0.717, 1.165) is 27.5 Å². The average molecular weight is 526 g/mol. The highest BCUT2D eigenvalue weighted by Gasteiger charge is 2.10. The zero-order chi connectivity index (χ0) is 24.6. The van der Waals surface area contributed by atoms with Crippen LogP contribution in [0.5, 0.6) is 5.75 Å². The zero-order valence-corrected chi connectivity index (χ0v) is 21.0. The van der Waals surface area contributed by atoms with Crippen LogP contribution in [0.1, 0.15) is 27.2 Å². The Hall–Kier alpha value is -3.33. The molecular formula is C25H21Cl2N5O2S. The predicted molar refractivity (Wildman–Crippen MR) is 140 cm³/mol. The second kappa shape index (κ2) is 11.9. The van der Waals surface area contributed by atoms with Gasteiger partial charge in [0.25, 0.3) is 5.91 Å². The van der Waals surface area contributed by atoms with Crippen molar-refractivity contribution in [2.75, 3.05) is 7.11 Å². The van der Waals surface area contributed by atoms with Crippen molar-refractivity contribution in [3.05, 3.63) is 105 Å². The number of methoxy groups -OCH3 is 1. The van der Waals surface area contributed by atoms with Crippen molar-refractivity contribution in [2.45, 2.75) is 17.3 Å². The Kier molecular flexibility index (Phi) is 8.41. The minimum absolute atomic E-state index is 0.245. The maximum absolute atomic E-state index is 12.5. The summed E-state index contributed by atoms with van der Waals surface area (Å²) in [5.74, 6) is 1.05. The van der Waals surface area contributed by atoms with Gasteiger partial charge in [-0.2, -0.15) is 10.2 Å². The minimum Gasteiger partial charge on any atom is -0.496 e. The molecule has 7 nitrogen and oxygen atoms in total. The topological polar surface area (TPSA) is 81.4 Å². The average Bonchev–Trinajstić information content (AvgIpc) is 3.34. The van der Waals surface area contributed by atoms with E-state index in [-0.39, 0.29) is 5.69 Å². The lowest BCUT2D eigenvalue weighted by atomic mass is 10.1. The van der Waals surface area contributed by atoms with Gasteiger partial charge < -0.3 is 4.74 Å². The number of thioether (sulfide) groups is 1. The first kappa shape index (κ1) is 24.8. The molecule has 10 heteroatoms. The van der Waals surface area contributed by atoms with E-state index in [1.165, 1.54) is 0 Å². The molecule has 0 aliphatic heterocycles. The molecule has 2 aromatic carbocycles. The normalized spacial score (nSPS) is 11.1. The fraction of sp³-hybridized carbons (Fsp3) is 0.120. The molecule has 0 bridgehead atoms. The number of hydrogen-bond acceptors (Lipinski definition) is 6. The van der Waals surface area contributed by atoms with E-state index in [1.54, 1.807) is 60.4 Å². The Labute approximate surface area is 217 Å². The molecule has 4 aromatic rings. The molecule has 0 saturated heterocycles. The standard InChI is InChI=1S/C25H21Cl2N5O2S/c1-34-23-8-5-17(12-19(23)16-35-24-4-2-3-10-28-24)14-29-30-25(33)22-9-11-32(31-22)15-18-6-7-20(26)13-21(18)27/h2-14H,15-16H2,1H3,(H,30,33). The summed E-state index contributed by atoms with van der Waals surface area (Å²) in [7, 11) is 1.64. The molecule has 4 rings (SSSR count). The van der Waals surface area contributed by atoms with Gasteiger partial charge in [-0.15, -0.1) is 11.8 Å². The number of nitrogens with one attached hydrogen (secondary N) is 1. The number of ether oxygens (including phenoxy) is 1. The number of aromatic nitrogens is 3. The van der Waals surface area contributed by atoms with Crippen LogP contribution in [0.3, 0.4) is 0 Å². The van der Waals surface area contributed by atoms with Gasteiger partial charge in [0, 0.05) is 33.8 Å². The summed E-state index contributed by atoms with van der Waals surface area (Å²) in [5, 5.41) is 10.4. The fourth-order valence-corrected chi connectivity index (χ4v) is 4.50. The highest BCUT2D eigenvalue weighted by atomic mass is 35.5. The molecule has 0 aliphatic rings. The predicted octanol–water partition coefficient (Wildman–Crippen LogP) is 5.70. The van der Waals surface area contributed by atoms with Crippen molar-refractivity contribution in [3.63, 3.8) is 0 Å². The summed E-state index contributed by atoms with van der Waals surface area (Å²) in [6.07, 6.45) is 5.05. The van der Waals surface area contributed by atoms with Crippen molar-refractivity contribution in [3.8, 4) is 5.75 Å². The lowest BCUT2D eigenvalue weighted by Crippen LogP contribution is -2.18. The van der Waals surface area contributed by atoms with Gasteiger partial charge in [0.2, 0.25) is 0 Å². The van der Waals surface area contributed by atoms with Gasteiger partial charge in [-0.05, 0) is 59.7 Å². The molecule has 0 unspecified atom stereocenters. The SMILES string of the molecule is COc1ccc(C=NNC(=O)c2ccn(Cc3ccc(Cl)cc3Cl)n2)cc1CSc1ccccn1. The summed E-state index contributed by atoms with van der Waals surface area (Å²) in [6, 6.07) is 18.4. The number of nitrogens with zero attached hydrogens (tertiary/aromatic N) is 4. The van der Waals surface area contributed by atoms with Crippen LogP contribution in [0.25, 0.3) is 0 Å². The van der Waals surface area contributed by atoms with Gasteiger partial charge in [0.05, 0.1) is 24.9 Å². The van der Waals surface area contributed by atoms with Crippen LogP contribution in [0.4, 0.5) is 0 Å². The first-order chi connectivity index (χ1) is 17.0. The molecule has 1 amide bonds. The number of rotatable bonds is 9. The number of hydrogen-bond donors (Lipinski definition) is 1. The third-order valence-electron chi connectivity index (χ3n) is 4.92. The van der Waals surface area contributed by atoms with E-state index in [9.17, 15) is 4.79 Å². The van der Waals surface area contributed by atoms with Crippen LogP contribution in [0, 0.1) is 0 Å². The molecule has 0 saturated carbocycles. The van der Waals surface area contributed by atoms with Gasteiger partial charge >= 0.3 is 0 Å². The summed E-state index contributed by atoms with van der Waals surface area (Å²) < 4.78 is 7.10. The van der Waals surface area contributed by atoms with Crippen LogP contribution in [0.2, 0.25) is 10.0 Å². The largest absolute Gasteiger partial charge is 0.496 e. The Morgan fingerprint density at radius 3 is 2.80 bits per heavy atom. The number of halogens is 2. The van der Waals surface area contributed by atoms with Crippen LogP contribution in [0.15, 0.2) is 83.2 Å². The Morgan fingerprint density at radius 2 is 2.03 bits per heavy atom. The number of carbonyl (C=O) groups is 1. The fourth-order valence-electron chi connectivity index (χ4n) is 3.19. The van der Waals surface area contributed by atoms with Gasteiger partial charge in [0.1, 0.15) is 5.75 Å². The first-order valence-electron chi connectivity index (χ1n) is 10.5. The molecule has 1 N–H and O–H groups in total. The zero-order valence-electron chi connectivity index (χ0n) is 18.7. The van der Waals surface area contributed by atoms with Crippen LogP contribution in [-0.4, -0.2) is 34.0 Å². The number of pyridine rings is 1. The van der Waals surface area contributed by atoms with Crippen molar-refractivity contribution in [1.82, 2.24) is 20.2 Å². The van der Waals surface area contributed by atoms with Crippen LogP contribution >= 0.6 is 35.0 Å². The van der Waals surface area contributed by atoms with E-state index in [2.05, 4.69) is 20.6 Å². The second-order valence-electron chi connectivity index (χ2n) is 7.36. The third-order valence-corrected chi connectivity index (χ3v) is 6.50. The lowest BCUT2D eigenvalue weighted by Gasteiger charge is -2.09. The Bertz CT molecular complexity index is 1340. The molecule has 0 radical (unpaired) electrons. The monoisotopic (exact) mass is 525 g/mol. The molecule has 178 valence electrons. The van der Waals surface area contributed by atoms with Crippen molar-refractivity contribution < 1.29 is 9.53 Å². The Morgan fingerprint density at radius 1 is 1.14 bits per heavy atom. The molecule has 0 fully saturated rings. The lowest BCUT2D eigenvalue weighted by molar-refractivity contribution is 0.0949. The molecule has 2 aromatic heterocycles. The van der Waals surface area contributed by atoms with Gasteiger partial charge in [0.15, 0.2) is 5.69 Å². The van der Waals surface area contributed by atoms with E-state index in [1.807, 2.05) is 42.5 Å². The van der Waals surface area contributed by atoms with Crippen molar-refractivity contribution in [1.29, 1.82) is 0 Å². The second-order valence-corrected chi connectivity index (χ2v) is 9.20. The summed E-state index contributed by atoms with van der Waals surface area (Å²) in [4.78, 5) is 16.8. The Balaban J connectivity index is 1.36. The summed E-state index contributed by atoms with van der Waals surface area (Å²) >= 11 is 13.8. The number of benzene rings is 2. The van der Waals surface area contributed by atoms with E-state index in [0.29, 0.717) is 22.3 Å². The quantitative estimate of drug-likeness (QED) is 0.172. The number of carbonyl (C=O) groups excluding carboxylic acids is 1. The van der Waals surface area contributed by atoms with Crippen LogP contribution in [-0.2, 0) is 12.3 Å². The van der Waals surface area contributed by atoms with Gasteiger partial charge in [-0.1, -0.05) is 35.3 Å². The van der Waals surface area contributed by atoms with Crippen molar-refractivity contribution >= 4 is 47.1 Å². The van der Waals surface area contributed by atoms with Gasteiger partial charge in [-0.25, -0.2) is 10.4 Å². The number of hydrazone groups is 1. The summed E-state index contributed by atoms with van der Waals surface area (Å²) in [5.41, 5.74) is 5.43. The first-order valence-corrected chi connectivity index (χ1v) is 12.3. The highest BCUT2D eigenvalue weighted by molar-refractivity contribution is 7.98. The minimum atomic E-state index is -0.415. The maximum atomic E-state index is 12.5. The molecule has 0 spiro atoms. The molecular weight excluding hydrogens is 505 g/mol. The smallest absolute Gasteiger partial charge is 0.291 e.